The Labute approximate surface area is 149 Å². The van der Waals surface area contributed by atoms with Crippen LogP contribution in [0.25, 0.3) is 0 Å². The molecule has 0 aliphatic heterocycles. The number of benzene rings is 1. The largest absolute Gasteiger partial charge is 0.467 e. The molecule has 0 aliphatic rings. The molecule has 1 atom stereocenters. The molecule has 1 heterocycles. The van der Waals surface area contributed by atoms with Crippen molar-refractivity contribution in [1.82, 2.24) is 10.6 Å². The SMILES string of the molecule is C[C@H](OC(=O)CNC(=O)c1ccc(Cl)cc1)C(=O)NCc1ccco1. The van der Waals surface area contributed by atoms with E-state index in [2.05, 4.69) is 10.6 Å². The van der Waals surface area contributed by atoms with Gasteiger partial charge in [-0.3, -0.25) is 14.4 Å². The van der Waals surface area contributed by atoms with Crippen molar-refractivity contribution in [3.63, 3.8) is 0 Å². The first-order valence-corrected chi connectivity index (χ1v) is 7.87. The number of ether oxygens (including phenoxy) is 1. The first-order valence-electron chi connectivity index (χ1n) is 7.49. The molecule has 8 heteroatoms. The third-order valence-electron chi connectivity index (χ3n) is 3.19. The van der Waals surface area contributed by atoms with Crippen molar-refractivity contribution in [2.75, 3.05) is 6.54 Å². The molecular weight excluding hydrogens is 348 g/mol. The Hall–Kier alpha value is -2.80. The van der Waals surface area contributed by atoms with Gasteiger partial charge in [-0.15, -0.1) is 0 Å². The molecule has 0 radical (unpaired) electrons. The van der Waals surface area contributed by atoms with Gasteiger partial charge in [-0.05, 0) is 43.3 Å². The Morgan fingerprint density at radius 2 is 1.88 bits per heavy atom. The molecule has 25 heavy (non-hydrogen) atoms. The molecular formula is C17H17ClN2O5. The van der Waals surface area contributed by atoms with Gasteiger partial charge >= 0.3 is 5.97 Å². The first-order chi connectivity index (χ1) is 12.0. The van der Waals surface area contributed by atoms with Gasteiger partial charge in [0.25, 0.3) is 11.8 Å². The van der Waals surface area contributed by atoms with Crippen LogP contribution in [0, 0.1) is 0 Å². The first kappa shape index (κ1) is 18.5. The minimum Gasteiger partial charge on any atom is -0.467 e. The maximum Gasteiger partial charge on any atom is 0.326 e. The molecule has 0 unspecified atom stereocenters. The topological polar surface area (TPSA) is 97.6 Å². The Kier molecular flexibility index (Phi) is 6.59. The molecule has 0 spiro atoms. The molecule has 1 aromatic heterocycles. The van der Waals surface area contributed by atoms with E-state index >= 15 is 0 Å². The van der Waals surface area contributed by atoms with Gasteiger partial charge in [0.1, 0.15) is 12.3 Å². The molecule has 0 saturated heterocycles. The van der Waals surface area contributed by atoms with Crippen molar-refractivity contribution in [3.8, 4) is 0 Å². The van der Waals surface area contributed by atoms with E-state index in [1.165, 1.54) is 25.3 Å². The van der Waals surface area contributed by atoms with Crippen LogP contribution in [-0.4, -0.2) is 30.4 Å². The summed E-state index contributed by atoms with van der Waals surface area (Å²) in [5.74, 6) is -1.04. The molecule has 2 amide bonds. The van der Waals surface area contributed by atoms with Gasteiger partial charge in [0.15, 0.2) is 6.10 Å². The normalized spacial score (nSPS) is 11.4. The van der Waals surface area contributed by atoms with Crippen LogP contribution in [0.15, 0.2) is 47.1 Å². The van der Waals surface area contributed by atoms with Crippen molar-refractivity contribution in [1.29, 1.82) is 0 Å². The van der Waals surface area contributed by atoms with Gasteiger partial charge in [-0.25, -0.2) is 0 Å². The van der Waals surface area contributed by atoms with E-state index in [0.29, 0.717) is 16.3 Å². The van der Waals surface area contributed by atoms with Crippen LogP contribution >= 0.6 is 11.6 Å². The minimum absolute atomic E-state index is 0.195. The minimum atomic E-state index is -0.991. The van der Waals surface area contributed by atoms with Crippen LogP contribution in [0.4, 0.5) is 0 Å². The predicted octanol–water partition coefficient (Wildman–Crippen LogP) is 1.91. The van der Waals surface area contributed by atoms with Gasteiger partial charge in [0.05, 0.1) is 12.8 Å². The number of esters is 1. The monoisotopic (exact) mass is 364 g/mol. The molecule has 0 bridgehead atoms. The van der Waals surface area contributed by atoms with Crippen LogP contribution in [0.5, 0.6) is 0 Å². The lowest BCUT2D eigenvalue weighted by Crippen LogP contribution is -2.38. The second-order valence-corrected chi connectivity index (χ2v) is 5.56. The Bertz CT molecular complexity index is 728. The number of hydrogen-bond donors (Lipinski definition) is 2. The van der Waals surface area contributed by atoms with Crippen molar-refractivity contribution in [3.05, 3.63) is 59.0 Å². The average molecular weight is 365 g/mol. The fourth-order valence-corrected chi connectivity index (χ4v) is 2.01. The van der Waals surface area contributed by atoms with Crippen LogP contribution < -0.4 is 10.6 Å². The third kappa shape index (κ3) is 5.96. The van der Waals surface area contributed by atoms with E-state index in [1.807, 2.05) is 0 Å². The molecule has 2 rings (SSSR count). The van der Waals surface area contributed by atoms with Gasteiger partial charge < -0.3 is 19.8 Å². The summed E-state index contributed by atoms with van der Waals surface area (Å²) in [4.78, 5) is 35.4. The summed E-state index contributed by atoms with van der Waals surface area (Å²) in [5.41, 5.74) is 0.362. The van der Waals surface area contributed by atoms with Crippen LogP contribution in [0.2, 0.25) is 5.02 Å². The molecule has 1 aromatic carbocycles. The fraction of sp³-hybridized carbons (Fsp3) is 0.235. The number of rotatable bonds is 7. The van der Waals surface area contributed by atoms with E-state index < -0.39 is 23.9 Å². The summed E-state index contributed by atoms with van der Waals surface area (Å²) in [6.45, 7) is 1.29. The summed E-state index contributed by atoms with van der Waals surface area (Å²) >= 11 is 5.74. The standard InChI is InChI=1S/C17H17ClN2O5/c1-11(16(22)19-9-14-3-2-8-24-14)25-15(21)10-20-17(23)12-4-6-13(18)7-5-12/h2-8,11H,9-10H2,1H3,(H,19,22)(H,20,23)/t11-/m0/s1. The van der Waals surface area contributed by atoms with Gasteiger partial charge in [0, 0.05) is 10.6 Å². The number of carbonyl (C=O) groups excluding carboxylic acids is 3. The van der Waals surface area contributed by atoms with Crippen LogP contribution in [0.3, 0.4) is 0 Å². The maximum absolute atomic E-state index is 11.9. The highest BCUT2D eigenvalue weighted by Crippen LogP contribution is 2.09. The van der Waals surface area contributed by atoms with Crippen molar-refractivity contribution in [2.24, 2.45) is 0 Å². The third-order valence-corrected chi connectivity index (χ3v) is 3.45. The number of halogens is 1. The highest BCUT2D eigenvalue weighted by molar-refractivity contribution is 6.30. The summed E-state index contributed by atoms with van der Waals surface area (Å²) in [6, 6.07) is 9.62. The van der Waals surface area contributed by atoms with E-state index in [0.717, 1.165) is 0 Å². The van der Waals surface area contributed by atoms with Crippen LogP contribution in [0.1, 0.15) is 23.0 Å². The lowest BCUT2D eigenvalue weighted by atomic mass is 10.2. The zero-order valence-corrected chi connectivity index (χ0v) is 14.2. The predicted molar refractivity (Wildman–Crippen MR) is 89.9 cm³/mol. The van der Waals surface area contributed by atoms with Crippen molar-refractivity contribution >= 4 is 29.4 Å². The lowest BCUT2D eigenvalue weighted by Gasteiger charge is -2.13. The smallest absolute Gasteiger partial charge is 0.326 e. The van der Waals surface area contributed by atoms with E-state index in [4.69, 9.17) is 20.8 Å². The van der Waals surface area contributed by atoms with E-state index in [1.54, 1.807) is 24.3 Å². The number of hydrogen-bond acceptors (Lipinski definition) is 5. The fourth-order valence-electron chi connectivity index (χ4n) is 1.88. The zero-order chi connectivity index (χ0) is 18.2. The van der Waals surface area contributed by atoms with Gasteiger partial charge in [0.2, 0.25) is 0 Å². The Morgan fingerprint density at radius 3 is 2.52 bits per heavy atom. The second kappa shape index (κ2) is 8.89. The summed E-state index contributed by atoms with van der Waals surface area (Å²) < 4.78 is 10.1. The average Bonchev–Trinajstić information content (AvgIpc) is 3.11. The molecule has 7 nitrogen and oxygen atoms in total. The lowest BCUT2D eigenvalue weighted by molar-refractivity contribution is -0.153. The molecule has 2 N–H and O–H groups in total. The summed E-state index contributed by atoms with van der Waals surface area (Å²) in [5, 5.41) is 5.49. The zero-order valence-electron chi connectivity index (χ0n) is 13.5. The van der Waals surface area contributed by atoms with E-state index in [9.17, 15) is 14.4 Å². The molecule has 0 fully saturated rings. The van der Waals surface area contributed by atoms with Crippen molar-refractivity contribution < 1.29 is 23.5 Å². The molecule has 0 saturated carbocycles. The Morgan fingerprint density at radius 1 is 1.16 bits per heavy atom. The molecule has 0 aliphatic carbocycles. The van der Waals surface area contributed by atoms with Gasteiger partial charge in [-0.2, -0.15) is 0 Å². The Balaban J connectivity index is 1.72. The summed E-state index contributed by atoms with van der Waals surface area (Å²) in [6.07, 6.45) is 0.504. The number of carbonyl (C=O) groups is 3. The van der Waals surface area contributed by atoms with Crippen LogP contribution in [-0.2, 0) is 20.9 Å². The number of furan rings is 1. The quantitative estimate of drug-likeness (QED) is 0.731. The van der Waals surface area contributed by atoms with Crippen molar-refractivity contribution in [2.45, 2.75) is 19.6 Å². The van der Waals surface area contributed by atoms with Gasteiger partial charge in [-0.1, -0.05) is 11.6 Å². The highest BCUT2D eigenvalue weighted by atomic mass is 35.5. The second-order valence-electron chi connectivity index (χ2n) is 5.12. The molecule has 2 aromatic rings. The number of nitrogens with one attached hydrogen (secondary N) is 2. The number of amides is 2. The highest BCUT2D eigenvalue weighted by Gasteiger charge is 2.18. The van der Waals surface area contributed by atoms with E-state index in [-0.39, 0.29) is 13.1 Å². The summed E-state index contributed by atoms with van der Waals surface area (Å²) in [7, 11) is 0. The molecule has 132 valence electrons. The maximum atomic E-state index is 11.9.